The summed E-state index contributed by atoms with van der Waals surface area (Å²) >= 11 is 0. The molecule has 2 atom stereocenters. The van der Waals surface area contributed by atoms with Gasteiger partial charge in [0.05, 0.1) is 18.0 Å². The quantitative estimate of drug-likeness (QED) is 0.752. The molecule has 2 aliphatic heterocycles. The van der Waals surface area contributed by atoms with Crippen LogP contribution in [-0.2, 0) is 4.79 Å². The molecule has 1 aliphatic carbocycles. The number of nitrogens with one attached hydrogen (secondary N) is 1. The largest absolute Gasteiger partial charge is 0.369 e. The number of hydrogen-bond acceptors (Lipinski definition) is 7. The van der Waals surface area contributed by atoms with Crippen LogP contribution in [0.2, 0.25) is 0 Å². The summed E-state index contributed by atoms with van der Waals surface area (Å²) in [5.74, 6) is 1.49. The van der Waals surface area contributed by atoms with E-state index in [1.165, 1.54) is 0 Å². The molecule has 8 heteroatoms. The van der Waals surface area contributed by atoms with E-state index >= 15 is 0 Å². The number of nitriles is 1. The molecule has 32 heavy (non-hydrogen) atoms. The average molecular weight is 432 g/mol. The fourth-order valence-electron chi connectivity index (χ4n) is 4.97. The van der Waals surface area contributed by atoms with Gasteiger partial charge in [-0.25, -0.2) is 9.97 Å². The molecule has 0 bridgehead atoms. The lowest BCUT2D eigenvalue weighted by molar-refractivity contribution is -0.123. The predicted octanol–water partition coefficient (Wildman–Crippen LogP) is 3.02. The molecule has 3 fully saturated rings. The Labute approximate surface area is 188 Å². The minimum Gasteiger partial charge on any atom is -0.369 e. The van der Waals surface area contributed by atoms with Crippen LogP contribution in [0.15, 0.2) is 36.7 Å². The lowest BCUT2D eigenvalue weighted by atomic mass is 9.83. The van der Waals surface area contributed by atoms with Crippen molar-refractivity contribution >= 4 is 28.9 Å². The molecular weight excluding hydrogens is 402 g/mol. The van der Waals surface area contributed by atoms with Crippen molar-refractivity contribution in [3.8, 4) is 6.07 Å². The molecule has 166 valence electrons. The number of carbonyl (C=O) groups is 1. The van der Waals surface area contributed by atoms with Gasteiger partial charge in [0.2, 0.25) is 5.91 Å². The molecular formula is C24H29N7O. The lowest BCUT2D eigenvalue weighted by Crippen LogP contribution is -2.35. The van der Waals surface area contributed by atoms with Crippen LogP contribution in [-0.4, -0.2) is 60.5 Å². The first-order valence-corrected chi connectivity index (χ1v) is 11.3. The molecule has 0 aromatic carbocycles. The van der Waals surface area contributed by atoms with Gasteiger partial charge in [-0.1, -0.05) is 0 Å². The second-order valence-electron chi connectivity index (χ2n) is 9.34. The lowest BCUT2D eigenvalue weighted by Gasteiger charge is -2.22. The third-order valence-electron chi connectivity index (χ3n) is 7.15. The molecule has 1 saturated carbocycles. The van der Waals surface area contributed by atoms with E-state index in [2.05, 4.69) is 51.3 Å². The molecule has 1 amide bonds. The summed E-state index contributed by atoms with van der Waals surface area (Å²) < 4.78 is 0. The SMILES string of the molecule is CN(C)C1CCN(c2ccc(Nc3cc(N4CC[C@@](C#N)(C5CC5)C4=O)ccn3)nc2)C1. The van der Waals surface area contributed by atoms with Gasteiger partial charge < -0.3 is 20.0 Å². The highest BCUT2D eigenvalue weighted by molar-refractivity contribution is 6.02. The molecule has 4 heterocycles. The standard InChI is InChI=1S/C24H29N7O/c1-29(2)20-8-11-30(15-20)19-5-6-21(27-14-19)28-22-13-18(7-10-26-22)31-12-9-24(16-25,23(31)32)17-3-4-17/h5-7,10,13-14,17,20H,3-4,8-9,11-12,15H2,1-2H3,(H,26,27,28)/t20?,24-/m1/s1. The van der Waals surface area contributed by atoms with Gasteiger partial charge in [0.25, 0.3) is 0 Å². The maximum Gasteiger partial charge on any atom is 0.247 e. The van der Waals surface area contributed by atoms with E-state index in [-0.39, 0.29) is 11.8 Å². The topological polar surface area (TPSA) is 88.4 Å². The smallest absolute Gasteiger partial charge is 0.247 e. The second kappa shape index (κ2) is 8.06. The van der Waals surface area contributed by atoms with E-state index in [0.29, 0.717) is 30.6 Å². The Balaban J connectivity index is 1.27. The van der Waals surface area contributed by atoms with Crippen LogP contribution >= 0.6 is 0 Å². The highest BCUT2D eigenvalue weighted by Crippen LogP contribution is 2.51. The molecule has 0 radical (unpaired) electrons. The minimum absolute atomic E-state index is 0.0660. The fourth-order valence-corrected chi connectivity index (χ4v) is 4.97. The molecule has 5 rings (SSSR count). The van der Waals surface area contributed by atoms with Crippen LogP contribution in [0.5, 0.6) is 0 Å². The Morgan fingerprint density at radius 3 is 2.62 bits per heavy atom. The van der Waals surface area contributed by atoms with Crippen molar-refractivity contribution < 1.29 is 4.79 Å². The Bertz CT molecular complexity index is 1040. The van der Waals surface area contributed by atoms with Crippen molar-refractivity contribution in [2.24, 2.45) is 11.3 Å². The third kappa shape index (κ3) is 3.67. The van der Waals surface area contributed by atoms with E-state index in [4.69, 9.17) is 0 Å². The Morgan fingerprint density at radius 1 is 1.12 bits per heavy atom. The number of rotatable bonds is 6. The number of amides is 1. The van der Waals surface area contributed by atoms with Crippen LogP contribution in [0.25, 0.3) is 0 Å². The molecule has 2 aromatic rings. The Morgan fingerprint density at radius 2 is 1.97 bits per heavy atom. The minimum atomic E-state index is -0.838. The van der Waals surface area contributed by atoms with Crippen molar-refractivity contribution in [2.45, 2.75) is 31.7 Å². The zero-order valence-electron chi connectivity index (χ0n) is 18.7. The number of hydrogen-bond donors (Lipinski definition) is 1. The van der Waals surface area contributed by atoms with E-state index in [9.17, 15) is 10.1 Å². The molecule has 2 saturated heterocycles. The zero-order valence-corrected chi connectivity index (χ0v) is 18.7. The first kappa shape index (κ1) is 20.7. The van der Waals surface area contributed by atoms with Gasteiger partial charge in [0, 0.05) is 43.6 Å². The fraction of sp³-hybridized carbons (Fsp3) is 0.500. The van der Waals surface area contributed by atoms with Gasteiger partial charge in [-0.3, -0.25) is 4.79 Å². The Hall–Kier alpha value is -3.18. The number of likely N-dealkylation sites (N-methyl/N-ethyl adjacent to an activating group) is 1. The summed E-state index contributed by atoms with van der Waals surface area (Å²) in [6, 6.07) is 10.6. The molecule has 1 unspecified atom stereocenters. The molecule has 0 spiro atoms. The second-order valence-corrected chi connectivity index (χ2v) is 9.34. The number of aromatic nitrogens is 2. The van der Waals surface area contributed by atoms with Gasteiger partial charge in [0.1, 0.15) is 17.1 Å². The maximum absolute atomic E-state index is 13.1. The van der Waals surface area contributed by atoms with Crippen molar-refractivity contribution in [1.82, 2.24) is 14.9 Å². The molecule has 1 N–H and O–H groups in total. The Kier molecular flexibility index (Phi) is 5.22. The number of carbonyl (C=O) groups excluding carboxylic acids is 1. The summed E-state index contributed by atoms with van der Waals surface area (Å²) in [7, 11) is 4.25. The third-order valence-corrected chi connectivity index (χ3v) is 7.15. The van der Waals surface area contributed by atoms with E-state index in [1.54, 1.807) is 11.1 Å². The van der Waals surface area contributed by atoms with Crippen molar-refractivity contribution in [1.29, 1.82) is 5.26 Å². The van der Waals surface area contributed by atoms with Crippen LogP contribution in [0.1, 0.15) is 25.7 Å². The molecule has 8 nitrogen and oxygen atoms in total. The van der Waals surface area contributed by atoms with E-state index in [0.717, 1.165) is 43.7 Å². The van der Waals surface area contributed by atoms with Gasteiger partial charge in [-0.15, -0.1) is 0 Å². The first-order valence-electron chi connectivity index (χ1n) is 11.3. The van der Waals surface area contributed by atoms with Gasteiger partial charge >= 0.3 is 0 Å². The maximum atomic E-state index is 13.1. The predicted molar refractivity (Wildman–Crippen MR) is 124 cm³/mol. The van der Waals surface area contributed by atoms with Crippen LogP contribution < -0.4 is 15.1 Å². The molecule has 3 aliphatic rings. The molecule has 2 aromatic heterocycles. The monoisotopic (exact) mass is 431 g/mol. The van der Waals surface area contributed by atoms with Gasteiger partial charge in [0.15, 0.2) is 0 Å². The van der Waals surface area contributed by atoms with E-state index < -0.39 is 5.41 Å². The van der Waals surface area contributed by atoms with Crippen LogP contribution in [0.4, 0.5) is 23.0 Å². The highest BCUT2D eigenvalue weighted by Gasteiger charge is 2.56. The highest BCUT2D eigenvalue weighted by atomic mass is 16.2. The van der Waals surface area contributed by atoms with Crippen LogP contribution in [0.3, 0.4) is 0 Å². The first-order chi connectivity index (χ1) is 15.5. The van der Waals surface area contributed by atoms with Crippen molar-refractivity contribution in [3.63, 3.8) is 0 Å². The summed E-state index contributed by atoms with van der Waals surface area (Å²) in [6.45, 7) is 2.62. The average Bonchev–Trinajstić information content (AvgIpc) is 3.43. The normalized spacial score (nSPS) is 25.4. The van der Waals surface area contributed by atoms with Crippen molar-refractivity contribution in [2.75, 3.05) is 48.8 Å². The number of anilines is 4. The zero-order chi connectivity index (χ0) is 22.3. The summed E-state index contributed by atoms with van der Waals surface area (Å²) in [4.78, 5) is 28.4. The number of nitrogens with zero attached hydrogens (tertiary/aromatic N) is 6. The summed E-state index contributed by atoms with van der Waals surface area (Å²) in [5.41, 5.74) is 1.06. The van der Waals surface area contributed by atoms with Crippen LogP contribution in [0, 0.1) is 22.7 Å². The van der Waals surface area contributed by atoms with Gasteiger partial charge in [-0.05, 0) is 63.9 Å². The van der Waals surface area contributed by atoms with E-state index in [1.807, 2.05) is 24.4 Å². The summed E-state index contributed by atoms with van der Waals surface area (Å²) in [6.07, 6.45) is 7.30. The van der Waals surface area contributed by atoms with Crippen molar-refractivity contribution in [3.05, 3.63) is 36.7 Å². The number of pyridine rings is 2. The van der Waals surface area contributed by atoms with Gasteiger partial charge in [-0.2, -0.15) is 5.26 Å². The summed E-state index contributed by atoms with van der Waals surface area (Å²) in [5, 5.41) is 13.0.